The van der Waals surface area contributed by atoms with Crippen molar-refractivity contribution in [1.29, 1.82) is 0 Å². The molecule has 0 aliphatic carbocycles. The van der Waals surface area contributed by atoms with Gasteiger partial charge in [0.05, 0.1) is 28.0 Å². The Bertz CT molecular complexity index is 2000. The van der Waals surface area contributed by atoms with Gasteiger partial charge in [-0.1, -0.05) is 35.5 Å². The number of anilines is 4. The van der Waals surface area contributed by atoms with E-state index in [4.69, 9.17) is 23.1 Å². The highest BCUT2D eigenvalue weighted by Gasteiger charge is 2.45. The van der Waals surface area contributed by atoms with Crippen molar-refractivity contribution in [2.45, 2.75) is 73.4 Å². The summed E-state index contributed by atoms with van der Waals surface area (Å²) >= 11 is 7.85. The summed E-state index contributed by atoms with van der Waals surface area (Å²) in [6, 6.07) is 8.92. The fourth-order valence-corrected chi connectivity index (χ4v) is 7.52. The number of piperidine rings is 2. The average molecular weight is 777 g/mol. The summed E-state index contributed by atoms with van der Waals surface area (Å²) in [5.74, 6) is -2.35. The molecule has 0 bridgehead atoms. The molecule has 1 aromatic heterocycles. The quantitative estimate of drug-likeness (QED) is 0.0834. The molecule has 0 radical (unpaired) electrons. The van der Waals surface area contributed by atoms with Crippen LogP contribution in [0.2, 0.25) is 5.02 Å². The van der Waals surface area contributed by atoms with Crippen LogP contribution in [-0.4, -0.2) is 88.1 Å². The summed E-state index contributed by atoms with van der Waals surface area (Å²) in [6.07, 6.45) is 4.20. The molecule has 0 spiro atoms. The molecule has 3 aromatic rings. The summed E-state index contributed by atoms with van der Waals surface area (Å²) < 4.78 is 0. The van der Waals surface area contributed by atoms with Crippen molar-refractivity contribution in [3.8, 4) is 0 Å². The van der Waals surface area contributed by atoms with Crippen LogP contribution in [0.15, 0.2) is 52.5 Å². The van der Waals surface area contributed by atoms with Crippen molar-refractivity contribution in [2.24, 2.45) is 5.73 Å². The molecule has 2 fully saturated rings. The minimum absolute atomic E-state index is 0.0378. The van der Waals surface area contributed by atoms with E-state index in [1.54, 1.807) is 36.5 Å². The van der Waals surface area contributed by atoms with Gasteiger partial charge >= 0.3 is 0 Å². The Morgan fingerprint density at radius 2 is 1.74 bits per heavy atom. The third-order valence-electron chi connectivity index (χ3n) is 9.46. The predicted octanol–water partition coefficient (Wildman–Crippen LogP) is 2.92. The molecule has 2 saturated heterocycles. The summed E-state index contributed by atoms with van der Waals surface area (Å²) in [5, 5.41) is 11.5. The topological polar surface area (TPSA) is 235 Å². The van der Waals surface area contributed by atoms with E-state index in [9.17, 15) is 28.8 Å². The number of nitrogens with one attached hydrogen (secondary N) is 4. The lowest BCUT2D eigenvalue weighted by molar-refractivity contribution is -0.136. The van der Waals surface area contributed by atoms with Gasteiger partial charge in [0, 0.05) is 48.7 Å². The molecule has 16 nitrogen and oxygen atoms in total. The van der Waals surface area contributed by atoms with Gasteiger partial charge in [-0.15, -0.1) is 0 Å². The number of nitrogens with two attached hydrogens (primary N) is 2. The molecule has 8 N–H and O–H groups in total. The number of nitrogen functional groups attached to an aromatic ring is 1. The number of fused-ring (bicyclic) bond motifs is 1. The van der Waals surface area contributed by atoms with Crippen molar-refractivity contribution in [3.63, 3.8) is 0 Å². The predicted molar refractivity (Wildman–Crippen MR) is 203 cm³/mol. The number of halogens is 1. The number of hydrogen-bond acceptors (Lipinski definition) is 13. The fourth-order valence-electron chi connectivity index (χ4n) is 6.42. The monoisotopic (exact) mass is 776 g/mol. The van der Waals surface area contributed by atoms with E-state index < -0.39 is 47.9 Å². The van der Waals surface area contributed by atoms with Gasteiger partial charge in [-0.3, -0.25) is 39.0 Å². The number of rotatable bonds is 13. The molecule has 3 aliphatic rings. The maximum Gasteiger partial charge on any atom is 0.264 e. The summed E-state index contributed by atoms with van der Waals surface area (Å²) in [4.78, 5) is 88.1. The molecule has 2 aromatic carbocycles. The molecular formula is C36H41ClN10O6S. The summed E-state index contributed by atoms with van der Waals surface area (Å²) in [7, 11) is 0. The van der Waals surface area contributed by atoms with Crippen molar-refractivity contribution < 1.29 is 28.8 Å². The fraction of sp³-hybridized carbons (Fsp3) is 0.389. The number of aromatic nitrogens is 2. The lowest BCUT2D eigenvalue weighted by Gasteiger charge is -2.37. The first-order valence-electron chi connectivity index (χ1n) is 17.6. The first-order chi connectivity index (χ1) is 25.8. The first kappa shape index (κ1) is 38.5. The molecule has 6 amide bonds. The average Bonchev–Trinajstić information content (AvgIpc) is 3.38. The standard InChI is InChI=1S/C36H41ClN10O6S/c1-36(39)12-16-46(17-13-36)25-19-42-33(31(38)44-25)54-24-9-5-8-22(30(24)37)43-28(50)18-27(49)41-15-3-2-14-40-21-7-4-6-20-29(21)35(53)47(34(20)52)23-10-11-26(48)45-32(23)51/h4-9,19,23,40H,2-3,10-18,39H2,1H3,(H2,38,44)(H,41,49)(H,43,50)(H,45,48,51). The van der Waals surface area contributed by atoms with Gasteiger partial charge in [0.2, 0.25) is 23.6 Å². The zero-order valence-electron chi connectivity index (χ0n) is 29.6. The Morgan fingerprint density at radius 3 is 2.48 bits per heavy atom. The van der Waals surface area contributed by atoms with Crippen LogP contribution in [0.25, 0.3) is 0 Å². The SMILES string of the molecule is CC1(N)CCN(c2cnc(Sc3cccc(NC(=O)CC(=O)NCCCCNc4cccc5c4C(=O)N(C4CCC(=O)NC4=O)C5=O)c3Cl)c(N)n2)CC1. The third-order valence-corrected chi connectivity index (χ3v) is 11.0. The smallest absolute Gasteiger partial charge is 0.264 e. The second-order valence-corrected chi connectivity index (χ2v) is 15.1. The lowest BCUT2D eigenvalue weighted by atomic mass is 9.91. The van der Waals surface area contributed by atoms with Gasteiger partial charge in [0.25, 0.3) is 11.8 Å². The zero-order chi connectivity index (χ0) is 38.6. The number of unbranched alkanes of at least 4 members (excludes halogenated alkanes) is 1. The molecule has 284 valence electrons. The van der Waals surface area contributed by atoms with E-state index in [-0.39, 0.29) is 40.3 Å². The molecule has 6 rings (SSSR count). The Hall–Kier alpha value is -5.26. The van der Waals surface area contributed by atoms with E-state index in [0.29, 0.717) is 53.0 Å². The van der Waals surface area contributed by atoms with Gasteiger partial charge in [0.1, 0.15) is 23.3 Å². The van der Waals surface area contributed by atoms with Crippen LogP contribution in [0.3, 0.4) is 0 Å². The van der Waals surface area contributed by atoms with Crippen LogP contribution in [0.5, 0.6) is 0 Å². The summed E-state index contributed by atoms with van der Waals surface area (Å²) in [6.45, 7) is 4.30. The van der Waals surface area contributed by atoms with Crippen LogP contribution in [-0.2, 0) is 19.2 Å². The van der Waals surface area contributed by atoms with Crippen LogP contribution < -0.4 is 37.6 Å². The van der Waals surface area contributed by atoms with Crippen LogP contribution >= 0.6 is 23.4 Å². The molecule has 1 atom stereocenters. The van der Waals surface area contributed by atoms with E-state index >= 15 is 0 Å². The highest BCUT2D eigenvalue weighted by Crippen LogP contribution is 2.39. The lowest BCUT2D eigenvalue weighted by Crippen LogP contribution is -2.54. The maximum absolute atomic E-state index is 13.3. The van der Waals surface area contributed by atoms with E-state index in [1.165, 1.54) is 17.8 Å². The number of carbonyl (C=O) groups excluding carboxylic acids is 6. The van der Waals surface area contributed by atoms with E-state index in [0.717, 1.165) is 30.8 Å². The zero-order valence-corrected chi connectivity index (χ0v) is 31.1. The molecule has 54 heavy (non-hydrogen) atoms. The molecule has 0 saturated carbocycles. The van der Waals surface area contributed by atoms with E-state index in [2.05, 4.69) is 36.1 Å². The van der Waals surface area contributed by atoms with Crippen LogP contribution in [0, 0.1) is 0 Å². The third kappa shape index (κ3) is 8.75. The number of nitrogens with zero attached hydrogens (tertiary/aromatic N) is 4. The number of hydrogen-bond donors (Lipinski definition) is 6. The molecular weight excluding hydrogens is 736 g/mol. The van der Waals surface area contributed by atoms with Gasteiger partial charge in [-0.2, -0.15) is 0 Å². The Labute approximate surface area is 320 Å². The number of imide groups is 2. The van der Waals surface area contributed by atoms with Crippen LogP contribution in [0.4, 0.5) is 23.0 Å². The van der Waals surface area contributed by atoms with Gasteiger partial charge in [0.15, 0.2) is 5.82 Å². The van der Waals surface area contributed by atoms with Gasteiger partial charge in [-0.25, -0.2) is 9.97 Å². The minimum atomic E-state index is -1.05. The largest absolute Gasteiger partial charge is 0.384 e. The Kier molecular flexibility index (Phi) is 11.7. The number of benzene rings is 2. The number of carbonyl (C=O) groups is 6. The van der Waals surface area contributed by atoms with Crippen molar-refractivity contribution in [2.75, 3.05) is 47.4 Å². The highest BCUT2D eigenvalue weighted by molar-refractivity contribution is 7.99. The Morgan fingerprint density at radius 1 is 1.02 bits per heavy atom. The highest BCUT2D eigenvalue weighted by atomic mass is 35.5. The van der Waals surface area contributed by atoms with Crippen molar-refractivity contribution in [1.82, 2.24) is 25.5 Å². The second-order valence-electron chi connectivity index (χ2n) is 13.7. The second kappa shape index (κ2) is 16.4. The Balaban J connectivity index is 0.930. The molecule has 3 aliphatic heterocycles. The molecule has 18 heteroatoms. The molecule has 1 unspecified atom stereocenters. The van der Waals surface area contributed by atoms with Crippen molar-refractivity contribution in [3.05, 3.63) is 58.7 Å². The van der Waals surface area contributed by atoms with E-state index in [1.807, 2.05) is 6.92 Å². The minimum Gasteiger partial charge on any atom is -0.384 e. The van der Waals surface area contributed by atoms with Crippen molar-refractivity contribution >= 4 is 81.8 Å². The van der Waals surface area contributed by atoms with Gasteiger partial charge in [-0.05, 0) is 63.3 Å². The normalized spacial score (nSPS) is 17.9. The molecule has 4 heterocycles. The first-order valence-corrected chi connectivity index (χ1v) is 18.8. The number of amides is 6. The maximum atomic E-state index is 13.3. The summed E-state index contributed by atoms with van der Waals surface area (Å²) in [5.41, 5.74) is 13.5. The van der Waals surface area contributed by atoms with Gasteiger partial charge < -0.3 is 32.3 Å². The van der Waals surface area contributed by atoms with Crippen LogP contribution in [0.1, 0.15) is 72.6 Å².